The zero-order valence-electron chi connectivity index (χ0n) is 15.1. The van der Waals surface area contributed by atoms with Crippen LogP contribution in [0.3, 0.4) is 0 Å². The molecule has 0 bridgehead atoms. The summed E-state index contributed by atoms with van der Waals surface area (Å²) in [4.78, 5) is 35.9. The van der Waals surface area contributed by atoms with Crippen molar-refractivity contribution in [3.63, 3.8) is 0 Å². The second kappa shape index (κ2) is 8.68. The molecule has 0 aliphatic rings. The Bertz CT molecular complexity index is 961. The average molecular weight is 378 g/mol. The van der Waals surface area contributed by atoms with E-state index in [4.69, 9.17) is 9.15 Å². The first-order valence-electron chi connectivity index (χ1n) is 8.60. The fourth-order valence-corrected chi connectivity index (χ4v) is 2.41. The number of rotatable bonds is 6. The zero-order chi connectivity index (χ0) is 19.9. The molecule has 0 aliphatic heterocycles. The molecular formula is C21H18N2O5. The van der Waals surface area contributed by atoms with Crippen LogP contribution >= 0.6 is 0 Å². The van der Waals surface area contributed by atoms with Gasteiger partial charge in [0.15, 0.2) is 5.76 Å². The van der Waals surface area contributed by atoms with Gasteiger partial charge in [-0.15, -0.1) is 0 Å². The molecule has 1 heterocycles. The van der Waals surface area contributed by atoms with E-state index in [1.807, 2.05) is 0 Å². The molecule has 0 aliphatic carbocycles. The van der Waals surface area contributed by atoms with Crippen molar-refractivity contribution in [2.75, 3.05) is 17.2 Å². The van der Waals surface area contributed by atoms with E-state index >= 15 is 0 Å². The first-order chi connectivity index (χ1) is 13.6. The number of ether oxygens (including phenoxy) is 1. The quantitative estimate of drug-likeness (QED) is 0.633. The average Bonchev–Trinajstić information content (AvgIpc) is 3.24. The number of benzene rings is 2. The van der Waals surface area contributed by atoms with E-state index in [0.29, 0.717) is 29.1 Å². The Morgan fingerprint density at radius 2 is 1.39 bits per heavy atom. The van der Waals surface area contributed by atoms with Crippen molar-refractivity contribution in [2.45, 2.75) is 6.92 Å². The number of carbonyl (C=O) groups excluding carboxylic acids is 3. The predicted molar refractivity (Wildman–Crippen MR) is 103 cm³/mol. The summed E-state index contributed by atoms with van der Waals surface area (Å²) >= 11 is 0. The Morgan fingerprint density at radius 1 is 0.821 bits per heavy atom. The first kappa shape index (κ1) is 18.9. The largest absolute Gasteiger partial charge is 0.462 e. The Hall–Kier alpha value is -3.87. The maximum absolute atomic E-state index is 12.4. The second-order valence-corrected chi connectivity index (χ2v) is 5.76. The summed E-state index contributed by atoms with van der Waals surface area (Å²) in [5.74, 6) is -0.891. The van der Waals surface area contributed by atoms with Gasteiger partial charge in [-0.1, -0.05) is 0 Å². The Kier molecular flexibility index (Phi) is 5.86. The van der Waals surface area contributed by atoms with Gasteiger partial charge >= 0.3 is 5.97 Å². The van der Waals surface area contributed by atoms with Gasteiger partial charge in [-0.25, -0.2) is 4.79 Å². The zero-order valence-corrected chi connectivity index (χ0v) is 15.1. The van der Waals surface area contributed by atoms with Gasteiger partial charge in [0.2, 0.25) is 0 Å². The fraction of sp³-hybridized carbons (Fsp3) is 0.0952. The molecular weight excluding hydrogens is 360 g/mol. The number of nitrogens with one attached hydrogen (secondary N) is 2. The molecule has 0 saturated carbocycles. The summed E-state index contributed by atoms with van der Waals surface area (Å²) in [5, 5.41) is 5.42. The maximum Gasteiger partial charge on any atom is 0.338 e. The number of esters is 1. The summed E-state index contributed by atoms with van der Waals surface area (Å²) in [6.45, 7) is 2.04. The van der Waals surface area contributed by atoms with Crippen LogP contribution in [0.1, 0.15) is 38.2 Å². The van der Waals surface area contributed by atoms with Gasteiger partial charge in [0.1, 0.15) is 0 Å². The molecule has 0 atom stereocenters. The van der Waals surface area contributed by atoms with Crippen LogP contribution in [-0.4, -0.2) is 24.4 Å². The third-order valence-corrected chi connectivity index (χ3v) is 3.80. The standard InChI is InChI=1S/C21H18N2O5/c1-2-27-21(26)15-7-11-16(12-8-15)22-19(24)14-5-9-17(10-6-14)23-20(25)18-4-3-13-28-18/h3-13H,2H2,1H3,(H,22,24)(H,23,25). The molecule has 0 radical (unpaired) electrons. The Labute approximate surface area is 161 Å². The lowest BCUT2D eigenvalue weighted by atomic mass is 10.1. The molecule has 0 spiro atoms. The minimum atomic E-state index is -0.410. The van der Waals surface area contributed by atoms with E-state index in [0.717, 1.165) is 0 Å². The molecule has 2 aromatic carbocycles. The van der Waals surface area contributed by atoms with E-state index < -0.39 is 5.97 Å². The topological polar surface area (TPSA) is 97.6 Å². The Balaban J connectivity index is 1.60. The van der Waals surface area contributed by atoms with Gasteiger partial charge in [0.25, 0.3) is 11.8 Å². The van der Waals surface area contributed by atoms with Crippen molar-refractivity contribution in [3.05, 3.63) is 83.8 Å². The number of hydrogen-bond donors (Lipinski definition) is 2. The van der Waals surface area contributed by atoms with Crippen molar-refractivity contribution in [2.24, 2.45) is 0 Å². The molecule has 3 aromatic rings. The lowest BCUT2D eigenvalue weighted by Gasteiger charge is -2.08. The molecule has 3 rings (SSSR count). The minimum absolute atomic E-state index is 0.202. The van der Waals surface area contributed by atoms with E-state index in [1.165, 1.54) is 6.26 Å². The Morgan fingerprint density at radius 3 is 1.93 bits per heavy atom. The van der Waals surface area contributed by atoms with Crippen LogP contribution in [0.4, 0.5) is 11.4 Å². The van der Waals surface area contributed by atoms with Crippen molar-refractivity contribution in [1.82, 2.24) is 0 Å². The van der Waals surface area contributed by atoms with E-state index in [9.17, 15) is 14.4 Å². The molecule has 2 N–H and O–H groups in total. The van der Waals surface area contributed by atoms with Crippen LogP contribution in [0.15, 0.2) is 71.3 Å². The van der Waals surface area contributed by atoms with Crippen LogP contribution in [-0.2, 0) is 4.74 Å². The molecule has 28 heavy (non-hydrogen) atoms. The van der Waals surface area contributed by atoms with E-state index in [1.54, 1.807) is 67.6 Å². The molecule has 0 unspecified atom stereocenters. The second-order valence-electron chi connectivity index (χ2n) is 5.76. The first-order valence-corrected chi connectivity index (χ1v) is 8.60. The summed E-state index contributed by atoms with van der Waals surface area (Å²) < 4.78 is 9.95. The minimum Gasteiger partial charge on any atom is -0.462 e. The van der Waals surface area contributed by atoms with Gasteiger partial charge < -0.3 is 19.8 Å². The number of hydrogen-bond acceptors (Lipinski definition) is 5. The highest BCUT2D eigenvalue weighted by molar-refractivity contribution is 6.05. The third-order valence-electron chi connectivity index (χ3n) is 3.80. The summed E-state index contributed by atoms with van der Waals surface area (Å²) in [7, 11) is 0. The molecule has 0 saturated heterocycles. The highest BCUT2D eigenvalue weighted by Crippen LogP contribution is 2.15. The van der Waals surface area contributed by atoms with Gasteiger partial charge in [-0.2, -0.15) is 0 Å². The summed E-state index contributed by atoms with van der Waals surface area (Å²) in [6, 6.07) is 16.1. The molecule has 0 fully saturated rings. The number of anilines is 2. The summed E-state index contributed by atoms with van der Waals surface area (Å²) in [6.07, 6.45) is 1.42. The lowest BCUT2D eigenvalue weighted by molar-refractivity contribution is 0.0526. The van der Waals surface area contributed by atoms with E-state index in [2.05, 4.69) is 10.6 Å². The molecule has 7 heteroatoms. The van der Waals surface area contributed by atoms with Gasteiger partial charge in [-0.05, 0) is 67.6 Å². The van der Waals surface area contributed by atoms with Crippen LogP contribution in [0.5, 0.6) is 0 Å². The van der Waals surface area contributed by atoms with Gasteiger partial charge in [0.05, 0.1) is 18.4 Å². The highest BCUT2D eigenvalue weighted by Gasteiger charge is 2.11. The maximum atomic E-state index is 12.4. The van der Waals surface area contributed by atoms with Crippen molar-refractivity contribution in [1.29, 1.82) is 0 Å². The van der Waals surface area contributed by atoms with Crippen LogP contribution in [0, 0.1) is 0 Å². The predicted octanol–water partition coefficient (Wildman–Crippen LogP) is 3.96. The monoisotopic (exact) mass is 378 g/mol. The smallest absolute Gasteiger partial charge is 0.338 e. The van der Waals surface area contributed by atoms with Gasteiger partial charge in [0, 0.05) is 16.9 Å². The van der Waals surface area contributed by atoms with Crippen molar-refractivity contribution >= 4 is 29.2 Å². The fourth-order valence-electron chi connectivity index (χ4n) is 2.41. The van der Waals surface area contributed by atoms with Crippen molar-refractivity contribution in [3.8, 4) is 0 Å². The molecule has 1 aromatic heterocycles. The third kappa shape index (κ3) is 4.64. The lowest BCUT2D eigenvalue weighted by Crippen LogP contribution is -2.13. The molecule has 7 nitrogen and oxygen atoms in total. The summed E-state index contributed by atoms with van der Waals surface area (Å²) in [5.41, 5.74) is 1.92. The van der Waals surface area contributed by atoms with Crippen LogP contribution in [0.25, 0.3) is 0 Å². The SMILES string of the molecule is CCOC(=O)c1ccc(NC(=O)c2ccc(NC(=O)c3ccco3)cc2)cc1. The number of furan rings is 1. The number of carbonyl (C=O) groups is 3. The molecule has 2 amide bonds. The van der Waals surface area contributed by atoms with Gasteiger partial charge in [-0.3, -0.25) is 9.59 Å². The van der Waals surface area contributed by atoms with E-state index in [-0.39, 0.29) is 17.6 Å². The van der Waals surface area contributed by atoms with Crippen LogP contribution in [0.2, 0.25) is 0 Å². The highest BCUT2D eigenvalue weighted by atomic mass is 16.5. The van der Waals surface area contributed by atoms with Crippen LogP contribution < -0.4 is 10.6 Å². The normalized spacial score (nSPS) is 10.2. The molecule has 142 valence electrons. The number of amides is 2. The van der Waals surface area contributed by atoms with Crippen molar-refractivity contribution < 1.29 is 23.5 Å².